The maximum atomic E-state index is 13.2. The molecule has 0 spiro atoms. The highest BCUT2D eigenvalue weighted by Crippen LogP contribution is 2.27. The maximum Gasteiger partial charge on any atom is 0.303 e. The van der Waals surface area contributed by atoms with Crippen molar-refractivity contribution in [2.45, 2.75) is 11.8 Å². The second-order valence-electron chi connectivity index (χ2n) is 5.63. The summed E-state index contributed by atoms with van der Waals surface area (Å²) in [5.74, 6) is -1.77. The first-order valence-corrected chi connectivity index (χ1v) is 9.77. The van der Waals surface area contributed by atoms with E-state index in [1.807, 2.05) is 0 Å². The lowest BCUT2D eigenvalue weighted by molar-refractivity contribution is -0.138. The minimum absolute atomic E-state index is 0.0199. The normalized spacial score (nSPS) is 11.4. The lowest BCUT2D eigenvalue weighted by atomic mass is 10.1. The molecule has 6 nitrogen and oxygen atoms in total. The molecule has 3 rings (SSSR count). The number of aromatic nitrogens is 2. The Hall–Kier alpha value is -2.71. The van der Waals surface area contributed by atoms with E-state index in [1.54, 1.807) is 30.3 Å². The molecule has 0 atom stereocenters. The Bertz CT molecular complexity index is 1080. The van der Waals surface area contributed by atoms with Crippen LogP contribution in [0.15, 0.2) is 59.5 Å². The number of carbonyl (C=O) groups excluding carboxylic acids is 1. The zero-order valence-electron chi connectivity index (χ0n) is 14.1. The van der Waals surface area contributed by atoms with Crippen LogP contribution in [0.25, 0.3) is 16.9 Å². The van der Waals surface area contributed by atoms with Crippen LogP contribution >= 0.6 is 11.6 Å². The number of benzene rings is 2. The number of sulfone groups is 1. The molecule has 2 aromatic carbocycles. The average Bonchev–Trinajstić information content (AvgIpc) is 3.02. The third-order valence-electron chi connectivity index (χ3n) is 3.68. The maximum absolute atomic E-state index is 13.2. The summed E-state index contributed by atoms with van der Waals surface area (Å²) in [6.45, 7) is 1.14. The van der Waals surface area contributed by atoms with Crippen molar-refractivity contribution in [2.24, 2.45) is 0 Å². The number of halogens is 2. The van der Waals surface area contributed by atoms with Crippen LogP contribution in [-0.4, -0.2) is 30.1 Å². The molecule has 9 heteroatoms. The van der Waals surface area contributed by atoms with Gasteiger partial charge in [0.05, 0.1) is 16.3 Å². The predicted octanol–water partition coefficient (Wildman–Crippen LogP) is 3.63. The Morgan fingerprint density at radius 3 is 2.37 bits per heavy atom. The van der Waals surface area contributed by atoms with E-state index in [2.05, 4.69) is 9.84 Å². The molecule has 140 valence electrons. The SMILES string of the molecule is CC(=O)OCS(=O)(=O)c1ccc(-c2cc(Cl)nn2-c2ccc(F)cc2)cc1. The summed E-state index contributed by atoms with van der Waals surface area (Å²) in [6.07, 6.45) is 0. The van der Waals surface area contributed by atoms with Gasteiger partial charge in [0.2, 0.25) is 9.84 Å². The first kappa shape index (κ1) is 19.1. The van der Waals surface area contributed by atoms with E-state index in [4.69, 9.17) is 11.6 Å². The van der Waals surface area contributed by atoms with Crippen LogP contribution in [0, 0.1) is 5.82 Å². The lowest BCUT2D eigenvalue weighted by Gasteiger charge is -2.09. The smallest absolute Gasteiger partial charge is 0.303 e. The first-order valence-electron chi connectivity index (χ1n) is 7.74. The van der Waals surface area contributed by atoms with Crippen molar-refractivity contribution < 1.29 is 22.3 Å². The zero-order chi connectivity index (χ0) is 19.6. The van der Waals surface area contributed by atoms with Crippen LogP contribution in [0.2, 0.25) is 5.15 Å². The molecular weight excluding hydrogens is 395 g/mol. The third-order valence-corrected chi connectivity index (χ3v) is 5.28. The van der Waals surface area contributed by atoms with E-state index in [1.165, 1.54) is 28.9 Å². The van der Waals surface area contributed by atoms with Gasteiger partial charge in [-0.1, -0.05) is 23.7 Å². The second kappa shape index (κ2) is 7.50. The van der Waals surface area contributed by atoms with Gasteiger partial charge in [0, 0.05) is 18.6 Å². The molecule has 3 aromatic rings. The molecule has 0 aliphatic carbocycles. The van der Waals surface area contributed by atoms with Gasteiger partial charge in [-0.25, -0.2) is 17.5 Å². The highest BCUT2D eigenvalue weighted by atomic mass is 35.5. The molecule has 1 heterocycles. The van der Waals surface area contributed by atoms with Gasteiger partial charge < -0.3 is 4.74 Å². The van der Waals surface area contributed by atoms with Crippen LogP contribution in [0.5, 0.6) is 0 Å². The van der Waals surface area contributed by atoms with E-state index in [9.17, 15) is 17.6 Å². The molecule has 27 heavy (non-hydrogen) atoms. The fourth-order valence-corrected chi connectivity index (χ4v) is 3.59. The Labute approximate surface area is 160 Å². The van der Waals surface area contributed by atoms with Crippen LogP contribution in [-0.2, 0) is 19.4 Å². The molecule has 1 aromatic heterocycles. The van der Waals surface area contributed by atoms with Crippen molar-refractivity contribution in [1.82, 2.24) is 9.78 Å². The Kier molecular flexibility index (Phi) is 5.29. The van der Waals surface area contributed by atoms with Crippen LogP contribution in [0.4, 0.5) is 4.39 Å². The van der Waals surface area contributed by atoms with Crippen LogP contribution in [0.3, 0.4) is 0 Å². The molecule has 0 N–H and O–H groups in total. The van der Waals surface area contributed by atoms with Crippen LogP contribution < -0.4 is 0 Å². The number of ether oxygens (including phenoxy) is 1. The quantitative estimate of drug-likeness (QED) is 0.602. The molecule has 0 amide bonds. The highest BCUT2D eigenvalue weighted by Gasteiger charge is 2.17. The summed E-state index contributed by atoms with van der Waals surface area (Å²) in [5, 5.41) is 4.43. The number of nitrogens with zero attached hydrogens (tertiary/aromatic N) is 2. The fraction of sp³-hybridized carbons (Fsp3) is 0.111. The predicted molar refractivity (Wildman–Crippen MR) is 97.8 cm³/mol. The van der Waals surface area contributed by atoms with Gasteiger partial charge in [-0.2, -0.15) is 5.10 Å². The van der Waals surface area contributed by atoms with E-state index in [-0.39, 0.29) is 15.9 Å². The molecule has 0 unspecified atom stereocenters. The molecule has 0 aliphatic heterocycles. The van der Waals surface area contributed by atoms with Gasteiger partial charge in [-0.3, -0.25) is 4.79 Å². The largest absolute Gasteiger partial charge is 0.449 e. The van der Waals surface area contributed by atoms with E-state index in [0.29, 0.717) is 16.9 Å². The Morgan fingerprint density at radius 1 is 1.15 bits per heavy atom. The van der Waals surface area contributed by atoms with Crippen molar-refractivity contribution in [3.05, 3.63) is 65.6 Å². The Morgan fingerprint density at radius 2 is 1.78 bits per heavy atom. The van der Waals surface area contributed by atoms with Gasteiger partial charge in [0.25, 0.3) is 0 Å². The second-order valence-corrected chi connectivity index (χ2v) is 7.96. The van der Waals surface area contributed by atoms with E-state index >= 15 is 0 Å². The highest BCUT2D eigenvalue weighted by molar-refractivity contribution is 7.91. The summed E-state index contributed by atoms with van der Waals surface area (Å²) in [7, 11) is -3.75. The zero-order valence-corrected chi connectivity index (χ0v) is 15.7. The molecular formula is C18H14ClFN2O4S. The molecule has 0 saturated carbocycles. The molecule has 0 aliphatic rings. The van der Waals surface area contributed by atoms with E-state index in [0.717, 1.165) is 6.92 Å². The van der Waals surface area contributed by atoms with Gasteiger partial charge in [-0.05, 0) is 36.4 Å². The number of esters is 1. The summed E-state index contributed by atoms with van der Waals surface area (Å²) in [5.41, 5.74) is 1.87. The standard InChI is InChI=1S/C18H14ClFN2O4S/c1-12(23)26-11-27(24,25)16-8-2-13(3-9-16)17-10-18(19)21-22(17)15-6-4-14(20)5-7-15/h2-10H,11H2,1H3. The molecule has 0 fully saturated rings. The van der Waals surface area contributed by atoms with Gasteiger partial charge in [0.1, 0.15) is 5.82 Å². The minimum atomic E-state index is -3.75. The number of hydrogen-bond donors (Lipinski definition) is 0. The van der Waals surface area contributed by atoms with Crippen LogP contribution in [0.1, 0.15) is 6.92 Å². The summed E-state index contributed by atoms with van der Waals surface area (Å²) < 4.78 is 43.6. The summed E-state index contributed by atoms with van der Waals surface area (Å²) in [6, 6.07) is 13.3. The van der Waals surface area contributed by atoms with Crippen molar-refractivity contribution in [1.29, 1.82) is 0 Å². The van der Waals surface area contributed by atoms with Gasteiger partial charge >= 0.3 is 5.97 Å². The average molecular weight is 409 g/mol. The summed E-state index contributed by atoms with van der Waals surface area (Å²) in [4.78, 5) is 10.8. The third kappa shape index (κ3) is 4.35. The number of carbonyl (C=O) groups is 1. The minimum Gasteiger partial charge on any atom is -0.449 e. The number of hydrogen-bond acceptors (Lipinski definition) is 5. The molecule has 0 radical (unpaired) electrons. The fourth-order valence-electron chi connectivity index (χ4n) is 2.40. The Balaban J connectivity index is 1.94. The van der Waals surface area contributed by atoms with Crippen molar-refractivity contribution in [2.75, 3.05) is 5.94 Å². The van der Waals surface area contributed by atoms with Crippen molar-refractivity contribution >= 4 is 27.4 Å². The first-order chi connectivity index (χ1) is 12.8. The summed E-state index contributed by atoms with van der Waals surface area (Å²) >= 11 is 6.02. The molecule has 0 bridgehead atoms. The monoisotopic (exact) mass is 408 g/mol. The lowest BCUT2D eigenvalue weighted by Crippen LogP contribution is -2.12. The van der Waals surface area contributed by atoms with Gasteiger partial charge in [0.15, 0.2) is 11.1 Å². The number of rotatable bonds is 5. The van der Waals surface area contributed by atoms with Crippen molar-refractivity contribution in [3.8, 4) is 16.9 Å². The van der Waals surface area contributed by atoms with E-state index < -0.39 is 21.7 Å². The van der Waals surface area contributed by atoms with Crippen molar-refractivity contribution in [3.63, 3.8) is 0 Å². The topological polar surface area (TPSA) is 78.3 Å². The van der Waals surface area contributed by atoms with Gasteiger partial charge in [-0.15, -0.1) is 0 Å². The molecule has 0 saturated heterocycles.